The van der Waals surface area contributed by atoms with Crippen LogP contribution in [0.15, 0.2) is 54.6 Å². The summed E-state index contributed by atoms with van der Waals surface area (Å²) in [6.45, 7) is 3.51. The molecule has 1 fully saturated rings. The highest BCUT2D eigenvalue weighted by atomic mass is 16.5. The SMILES string of the molecule is COCCC(=O)NC1CCN(Cc2ccc(-c3ccccc3)cc2)CC1. The van der Waals surface area contributed by atoms with Crippen molar-refractivity contribution in [2.24, 2.45) is 0 Å². The molecule has 1 saturated heterocycles. The molecule has 1 heterocycles. The van der Waals surface area contributed by atoms with E-state index >= 15 is 0 Å². The van der Waals surface area contributed by atoms with Crippen molar-refractivity contribution in [1.82, 2.24) is 10.2 Å². The lowest BCUT2D eigenvalue weighted by Gasteiger charge is -2.32. The smallest absolute Gasteiger partial charge is 0.222 e. The number of rotatable bonds is 7. The van der Waals surface area contributed by atoms with Gasteiger partial charge in [-0.3, -0.25) is 9.69 Å². The highest BCUT2D eigenvalue weighted by Gasteiger charge is 2.20. The second kappa shape index (κ2) is 9.51. The average molecular weight is 352 g/mol. The molecule has 1 aliphatic heterocycles. The van der Waals surface area contributed by atoms with E-state index in [2.05, 4.69) is 58.7 Å². The summed E-state index contributed by atoms with van der Waals surface area (Å²) in [6.07, 6.45) is 2.48. The minimum atomic E-state index is 0.0989. The number of methoxy groups -OCH3 is 1. The Balaban J connectivity index is 1.45. The number of amides is 1. The maximum absolute atomic E-state index is 11.8. The number of likely N-dealkylation sites (tertiary alicyclic amines) is 1. The van der Waals surface area contributed by atoms with Gasteiger partial charge in [-0.05, 0) is 29.5 Å². The van der Waals surface area contributed by atoms with E-state index in [4.69, 9.17) is 4.74 Å². The molecule has 1 amide bonds. The highest BCUT2D eigenvalue weighted by Crippen LogP contribution is 2.20. The van der Waals surface area contributed by atoms with Crippen LogP contribution in [0.3, 0.4) is 0 Å². The van der Waals surface area contributed by atoms with Gasteiger partial charge in [0.2, 0.25) is 5.91 Å². The molecule has 0 aromatic heterocycles. The molecule has 138 valence electrons. The highest BCUT2D eigenvalue weighted by molar-refractivity contribution is 5.76. The Morgan fingerprint density at radius 2 is 1.69 bits per heavy atom. The molecule has 4 heteroatoms. The van der Waals surface area contributed by atoms with Gasteiger partial charge >= 0.3 is 0 Å². The van der Waals surface area contributed by atoms with Crippen molar-refractivity contribution in [3.63, 3.8) is 0 Å². The van der Waals surface area contributed by atoms with Crippen LogP contribution in [-0.2, 0) is 16.1 Å². The Morgan fingerprint density at radius 1 is 1.04 bits per heavy atom. The van der Waals surface area contributed by atoms with Crippen molar-refractivity contribution in [1.29, 1.82) is 0 Å². The van der Waals surface area contributed by atoms with Crippen LogP contribution in [0.1, 0.15) is 24.8 Å². The molecule has 1 N–H and O–H groups in total. The van der Waals surface area contributed by atoms with E-state index in [1.54, 1.807) is 7.11 Å². The first-order valence-electron chi connectivity index (χ1n) is 9.39. The number of benzene rings is 2. The largest absolute Gasteiger partial charge is 0.384 e. The molecule has 2 aromatic carbocycles. The molecule has 0 saturated carbocycles. The Bertz CT molecular complexity index is 677. The first-order chi connectivity index (χ1) is 12.7. The lowest BCUT2D eigenvalue weighted by molar-refractivity contribution is -0.123. The molecule has 3 rings (SSSR count). The number of hydrogen-bond donors (Lipinski definition) is 1. The maximum Gasteiger partial charge on any atom is 0.222 e. The molecule has 0 spiro atoms. The summed E-state index contributed by atoms with van der Waals surface area (Å²) >= 11 is 0. The molecular weight excluding hydrogens is 324 g/mol. The van der Waals surface area contributed by atoms with Crippen LogP contribution in [0.5, 0.6) is 0 Å². The molecule has 0 atom stereocenters. The number of piperidine rings is 1. The van der Waals surface area contributed by atoms with Crippen molar-refractivity contribution in [3.05, 3.63) is 60.2 Å². The zero-order valence-electron chi connectivity index (χ0n) is 15.5. The Labute approximate surface area is 156 Å². The van der Waals surface area contributed by atoms with Crippen LogP contribution in [0.25, 0.3) is 11.1 Å². The first-order valence-corrected chi connectivity index (χ1v) is 9.39. The van der Waals surface area contributed by atoms with Crippen LogP contribution >= 0.6 is 0 Å². The van der Waals surface area contributed by atoms with Gasteiger partial charge in [0.25, 0.3) is 0 Å². The third-order valence-corrected chi connectivity index (χ3v) is 4.95. The van der Waals surface area contributed by atoms with Gasteiger partial charge in [0, 0.05) is 39.2 Å². The number of hydrogen-bond acceptors (Lipinski definition) is 3. The Hall–Kier alpha value is -2.17. The number of nitrogens with one attached hydrogen (secondary N) is 1. The van der Waals surface area contributed by atoms with E-state index in [0.717, 1.165) is 32.5 Å². The summed E-state index contributed by atoms with van der Waals surface area (Å²) < 4.78 is 4.95. The minimum absolute atomic E-state index is 0.0989. The summed E-state index contributed by atoms with van der Waals surface area (Å²) in [5.41, 5.74) is 3.85. The third kappa shape index (κ3) is 5.41. The van der Waals surface area contributed by atoms with Crippen molar-refractivity contribution in [2.45, 2.75) is 31.8 Å². The molecule has 4 nitrogen and oxygen atoms in total. The second-order valence-electron chi connectivity index (χ2n) is 6.92. The van der Waals surface area contributed by atoms with Crippen LogP contribution in [-0.4, -0.2) is 43.7 Å². The molecule has 2 aromatic rings. The van der Waals surface area contributed by atoms with Gasteiger partial charge in [-0.25, -0.2) is 0 Å². The minimum Gasteiger partial charge on any atom is -0.384 e. The molecule has 0 radical (unpaired) electrons. The first kappa shape index (κ1) is 18.6. The molecule has 1 aliphatic rings. The molecule has 0 aliphatic carbocycles. The quantitative estimate of drug-likeness (QED) is 0.830. The molecule has 0 bridgehead atoms. The third-order valence-electron chi connectivity index (χ3n) is 4.95. The molecule has 0 unspecified atom stereocenters. The van der Waals surface area contributed by atoms with E-state index in [9.17, 15) is 4.79 Å². The number of carbonyl (C=O) groups excluding carboxylic acids is 1. The second-order valence-corrected chi connectivity index (χ2v) is 6.92. The summed E-state index contributed by atoms with van der Waals surface area (Å²) in [5.74, 6) is 0.0989. The number of ether oxygens (including phenoxy) is 1. The van der Waals surface area contributed by atoms with Crippen LogP contribution in [0, 0.1) is 0 Å². The monoisotopic (exact) mass is 352 g/mol. The van der Waals surface area contributed by atoms with E-state index in [1.807, 2.05) is 6.07 Å². The lowest BCUT2D eigenvalue weighted by atomic mass is 10.0. The summed E-state index contributed by atoms with van der Waals surface area (Å²) in [5, 5.41) is 3.12. The molecular formula is C22H28N2O2. The van der Waals surface area contributed by atoms with E-state index < -0.39 is 0 Å². The zero-order valence-corrected chi connectivity index (χ0v) is 15.5. The Kier molecular flexibility index (Phi) is 6.81. The molecule has 26 heavy (non-hydrogen) atoms. The maximum atomic E-state index is 11.8. The summed E-state index contributed by atoms with van der Waals surface area (Å²) in [7, 11) is 1.62. The van der Waals surface area contributed by atoms with Crippen LogP contribution in [0.4, 0.5) is 0 Å². The average Bonchev–Trinajstić information content (AvgIpc) is 2.69. The Morgan fingerprint density at radius 3 is 2.35 bits per heavy atom. The van der Waals surface area contributed by atoms with Crippen molar-refractivity contribution in [3.8, 4) is 11.1 Å². The normalized spacial score (nSPS) is 15.7. The zero-order chi connectivity index (χ0) is 18.2. The van der Waals surface area contributed by atoms with Gasteiger partial charge in [0.05, 0.1) is 6.61 Å². The van der Waals surface area contributed by atoms with Gasteiger partial charge in [-0.1, -0.05) is 54.6 Å². The fourth-order valence-corrected chi connectivity index (χ4v) is 3.42. The van der Waals surface area contributed by atoms with Gasteiger partial charge in [-0.15, -0.1) is 0 Å². The van der Waals surface area contributed by atoms with Gasteiger partial charge in [-0.2, -0.15) is 0 Å². The van der Waals surface area contributed by atoms with Gasteiger partial charge in [0.1, 0.15) is 0 Å². The van der Waals surface area contributed by atoms with Gasteiger partial charge < -0.3 is 10.1 Å². The van der Waals surface area contributed by atoms with E-state index in [1.165, 1.54) is 16.7 Å². The van der Waals surface area contributed by atoms with Crippen molar-refractivity contribution >= 4 is 5.91 Å². The lowest BCUT2D eigenvalue weighted by Crippen LogP contribution is -2.44. The van der Waals surface area contributed by atoms with Gasteiger partial charge in [0.15, 0.2) is 0 Å². The topological polar surface area (TPSA) is 41.6 Å². The fourth-order valence-electron chi connectivity index (χ4n) is 3.42. The van der Waals surface area contributed by atoms with Crippen molar-refractivity contribution < 1.29 is 9.53 Å². The number of nitrogens with zero attached hydrogens (tertiary/aromatic N) is 1. The predicted octanol–water partition coefficient (Wildman–Crippen LogP) is 3.47. The van der Waals surface area contributed by atoms with Crippen LogP contribution < -0.4 is 5.32 Å². The van der Waals surface area contributed by atoms with E-state index in [-0.39, 0.29) is 5.91 Å². The standard InChI is InChI=1S/C22H28N2O2/c1-26-16-13-22(25)23-21-11-14-24(15-12-21)17-18-7-9-20(10-8-18)19-5-3-2-4-6-19/h2-10,21H,11-17H2,1H3,(H,23,25). The fraction of sp³-hybridized carbons (Fsp3) is 0.409. The van der Waals surface area contributed by atoms with Crippen molar-refractivity contribution in [2.75, 3.05) is 26.8 Å². The summed E-state index contributed by atoms with van der Waals surface area (Å²) in [4.78, 5) is 14.3. The summed E-state index contributed by atoms with van der Waals surface area (Å²) in [6, 6.07) is 19.6. The number of carbonyl (C=O) groups is 1. The van der Waals surface area contributed by atoms with Crippen LogP contribution in [0.2, 0.25) is 0 Å². The van der Waals surface area contributed by atoms with E-state index in [0.29, 0.717) is 19.1 Å². The predicted molar refractivity (Wildman–Crippen MR) is 105 cm³/mol.